The Balaban J connectivity index is 1.75. The number of nitrogens with one attached hydrogen (secondary N) is 1. The van der Waals surface area contributed by atoms with Crippen LogP contribution in [0.3, 0.4) is 0 Å². The number of piperidine rings is 1. The van der Waals surface area contributed by atoms with Crippen LogP contribution >= 0.6 is 0 Å². The monoisotopic (exact) mass is 308 g/mol. The van der Waals surface area contributed by atoms with Crippen LogP contribution in [0, 0.1) is 5.41 Å². The van der Waals surface area contributed by atoms with Gasteiger partial charge in [-0.05, 0) is 58.4 Å². The summed E-state index contributed by atoms with van der Waals surface area (Å²) in [7, 11) is 0. The van der Waals surface area contributed by atoms with Gasteiger partial charge in [-0.25, -0.2) is 0 Å². The minimum atomic E-state index is -0.105. The van der Waals surface area contributed by atoms with Crippen LogP contribution in [0.5, 0.6) is 0 Å². The van der Waals surface area contributed by atoms with Crippen molar-refractivity contribution < 1.29 is 9.90 Å². The lowest BCUT2D eigenvalue weighted by Crippen LogP contribution is -2.52. The molecule has 4 heteroatoms. The van der Waals surface area contributed by atoms with E-state index in [2.05, 4.69) is 23.2 Å². The van der Waals surface area contributed by atoms with Crippen LogP contribution < -0.4 is 5.32 Å². The first-order chi connectivity index (χ1) is 10.5. The number of likely N-dealkylation sites (tertiary alicyclic amines) is 1. The number of hydrogen-bond donors (Lipinski definition) is 2. The van der Waals surface area contributed by atoms with Crippen LogP contribution in [0.4, 0.5) is 0 Å². The lowest BCUT2D eigenvalue weighted by atomic mass is 9.82. The Morgan fingerprint density at radius 3 is 2.95 bits per heavy atom. The zero-order valence-electron chi connectivity index (χ0n) is 14.2. The number of carbonyl (C=O) groups is 1. The molecule has 0 aromatic heterocycles. The maximum absolute atomic E-state index is 12.3. The van der Waals surface area contributed by atoms with E-state index in [4.69, 9.17) is 0 Å². The molecule has 2 unspecified atom stereocenters. The van der Waals surface area contributed by atoms with Crippen molar-refractivity contribution in [3.8, 4) is 0 Å². The number of allylic oxidation sites excluding steroid dienone is 1. The van der Waals surface area contributed by atoms with Crippen LogP contribution in [0.25, 0.3) is 0 Å². The molecule has 0 saturated carbocycles. The summed E-state index contributed by atoms with van der Waals surface area (Å²) in [5.41, 5.74) is 1.45. The first kappa shape index (κ1) is 17.5. The smallest absolute Gasteiger partial charge is 0.237 e. The van der Waals surface area contributed by atoms with Crippen molar-refractivity contribution in [3.05, 3.63) is 11.6 Å². The molecule has 1 fully saturated rings. The van der Waals surface area contributed by atoms with E-state index in [1.807, 2.05) is 6.92 Å². The van der Waals surface area contributed by atoms with E-state index in [0.29, 0.717) is 0 Å². The quantitative estimate of drug-likeness (QED) is 0.741. The molecule has 1 heterocycles. The van der Waals surface area contributed by atoms with E-state index in [0.717, 1.165) is 38.9 Å². The molecule has 0 bridgehead atoms. The van der Waals surface area contributed by atoms with Gasteiger partial charge in [0.2, 0.25) is 5.91 Å². The van der Waals surface area contributed by atoms with E-state index < -0.39 is 0 Å². The molecule has 0 spiro atoms. The zero-order chi connectivity index (χ0) is 16.0. The van der Waals surface area contributed by atoms with E-state index in [9.17, 15) is 9.90 Å². The van der Waals surface area contributed by atoms with Gasteiger partial charge in [0.05, 0.1) is 6.04 Å². The molecule has 22 heavy (non-hydrogen) atoms. The Morgan fingerprint density at radius 1 is 1.45 bits per heavy atom. The predicted molar refractivity (Wildman–Crippen MR) is 89.6 cm³/mol. The van der Waals surface area contributed by atoms with Gasteiger partial charge < -0.3 is 10.4 Å². The Bertz CT molecular complexity index is 408. The summed E-state index contributed by atoms with van der Waals surface area (Å²) in [6.45, 7) is 6.81. The Labute approximate surface area is 135 Å². The standard InChI is InChI=1S/C18H32N2O2/c1-15(20-12-6-10-18(2,13-20)14-21)17(22)19-11-9-16-7-4-3-5-8-16/h7,15,21H,3-6,8-14H2,1-2H3,(H,19,22). The van der Waals surface area contributed by atoms with Crippen molar-refractivity contribution in [2.75, 3.05) is 26.2 Å². The van der Waals surface area contributed by atoms with Gasteiger partial charge >= 0.3 is 0 Å². The lowest BCUT2D eigenvalue weighted by Gasteiger charge is -2.41. The fourth-order valence-corrected chi connectivity index (χ4v) is 3.61. The minimum absolute atomic E-state index is 0.0559. The molecule has 0 aromatic rings. The maximum Gasteiger partial charge on any atom is 0.237 e. The zero-order valence-corrected chi connectivity index (χ0v) is 14.2. The van der Waals surface area contributed by atoms with Gasteiger partial charge in [-0.2, -0.15) is 0 Å². The highest BCUT2D eigenvalue weighted by atomic mass is 16.3. The fourth-order valence-electron chi connectivity index (χ4n) is 3.61. The molecule has 2 N–H and O–H groups in total. The molecular formula is C18H32N2O2. The van der Waals surface area contributed by atoms with Gasteiger partial charge in [-0.1, -0.05) is 18.6 Å². The third kappa shape index (κ3) is 4.82. The lowest BCUT2D eigenvalue weighted by molar-refractivity contribution is -0.127. The van der Waals surface area contributed by atoms with Gasteiger partial charge in [0.25, 0.3) is 0 Å². The number of amides is 1. The molecule has 0 radical (unpaired) electrons. The highest BCUT2D eigenvalue weighted by Crippen LogP contribution is 2.29. The second-order valence-electron chi connectivity index (χ2n) is 7.37. The molecule has 4 nitrogen and oxygen atoms in total. The van der Waals surface area contributed by atoms with Crippen LogP contribution in [0.15, 0.2) is 11.6 Å². The summed E-state index contributed by atoms with van der Waals surface area (Å²) < 4.78 is 0. The van der Waals surface area contributed by atoms with Gasteiger partial charge in [0.15, 0.2) is 0 Å². The summed E-state index contributed by atoms with van der Waals surface area (Å²) in [5.74, 6) is 0.124. The van der Waals surface area contributed by atoms with E-state index in [1.165, 1.54) is 31.3 Å². The fraction of sp³-hybridized carbons (Fsp3) is 0.833. The second kappa shape index (κ2) is 8.11. The van der Waals surface area contributed by atoms with E-state index >= 15 is 0 Å². The first-order valence-electron chi connectivity index (χ1n) is 8.85. The Hall–Kier alpha value is -0.870. The molecule has 1 aliphatic heterocycles. The van der Waals surface area contributed by atoms with Crippen LogP contribution in [-0.4, -0.2) is 48.2 Å². The molecular weight excluding hydrogens is 276 g/mol. The molecule has 1 aliphatic carbocycles. The minimum Gasteiger partial charge on any atom is -0.396 e. The normalized spacial score (nSPS) is 28.0. The average Bonchev–Trinajstić information content (AvgIpc) is 2.55. The van der Waals surface area contributed by atoms with Crippen molar-refractivity contribution >= 4 is 5.91 Å². The van der Waals surface area contributed by atoms with Crippen LogP contribution in [-0.2, 0) is 4.79 Å². The molecule has 126 valence electrons. The van der Waals surface area contributed by atoms with Crippen molar-refractivity contribution in [2.24, 2.45) is 5.41 Å². The third-order valence-corrected chi connectivity index (χ3v) is 5.25. The molecule has 2 rings (SSSR count). The molecule has 2 atom stereocenters. The van der Waals surface area contributed by atoms with Gasteiger partial charge in [-0.3, -0.25) is 9.69 Å². The van der Waals surface area contributed by atoms with Crippen molar-refractivity contribution in [1.29, 1.82) is 0 Å². The number of nitrogens with zero attached hydrogens (tertiary/aromatic N) is 1. The predicted octanol–water partition coefficient (Wildman–Crippen LogP) is 2.48. The Kier molecular flexibility index (Phi) is 6.45. The largest absolute Gasteiger partial charge is 0.396 e. The highest BCUT2D eigenvalue weighted by molar-refractivity contribution is 5.81. The summed E-state index contributed by atoms with van der Waals surface area (Å²) in [6, 6.07) is -0.105. The SMILES string of the molecule is CC(C(=O)NCCC1=CCCCC1)N1CCCC(C)(CO)C1. The average molecular weight is 308 g/mol. The highest BCUT2D eigenvalue weighted by Gasteiger charge is 2.34. The van der Waals surface area contributed by atoms with Crippen molar-refractivity contribution in [3.63, 3.8) is 0 Å². The number of aliphatic hydroxyl groups is 1. The van der Waals surface area contributed by atoms with Gasteiger partial charge in [0.1, 0.15) is 0 Å². The van der Waals surface area contributed by atoms with Gasteiger partial charge in [-0.15, -0.1) is 0 Å². The molecule has 0 aromatic carbocycles. The second-order valence-corrected chi connectivity index (χ2v) is 7.37. The molecule has 1 saturated heterocycles. The van der Waals surface area contributed by atoms with Crippen LogP contribution in [0.2, 0.25) is 0 Å². The number of hydrogen-bond acceptors (Lipinski definition) is 3. The number of aliphatic hydroxyl groups excluding tert-OH is 1. The first-order valence-corrected chi connectivity index (χ1v) is 8.85. The summed E-state index contributed by atoms with van der Waals surface area (Å²) in [5, 5.41) is 12.6. The van der Waals surface area contributed by atoms with Crippen LogP contribution in [0.1, 0.15) is 58.8 Å². The van der Waals surface area contributed by atoms with E-state index in [-0.39, 0.29) is 24.0 Å². The summed E-state index contributed by atoms with van der Waals surface area (Å²) in [6.07, 6.45) is 10.4. The topological polar surface area (TPSA) is 52.6 Å². The van der Waals surface area contributed by atoms with Crippen molar-refractivity contribution in [1.82, 2.24) is 10.2 Å². The summed E-state index contributed by atoms with van der Waals surface area (Å²) >= 11 is 0. The van der Waals surface area contributed by atoms with Crippen molar-refractivity contribution in [2.45, 2.75) is 64.8 Å². The molecule has 1 amide bonds. The number of carbonyl (C=O) groups excluding carboxylic acids is 1. The van der Waals surface area contributed by atoms with E-state index in [1.54, 1.807) is 0 Å². The van der Waals surface area contributed by atoms with Gasteiger partial charge in [0, 0.05) is 25.1 Å². The maximum atomic E-state index is 12.3. The molecule has 2 aliphatic rings. The Morgan fingerprint density at radius 2 is 2.27 bits per heavy atom. The third-order valence-electron chi connectivity index (χ3n) is 5.25. The number of rotatable bonds is 6. The summed E-state index contributed by atoms with van der Waals surface area (Å²) in [4.78, 5) is 14.6.